The molecule has 0 radical (unpaired) electrons. The van der Waals surface area contributed by atoms with Crippen LogP contribution in [0.15, 0.2) is 30.6 Å². The van der Waals surface area contributed by atoms with E-state index in [1.54, 1.807) is 16.5 Å². The van der Waals surface area contributed by atoms with Crippen molar-refractivity contribution in [1.82, 2.24) is 14.4 Å². The summed E-state index contributed by atoms with van der Waals surface area (Å²) >= 11 is 0. The number of carbonyl (C=O) groups excluding carboxylic acids is 1. The largest absolute Gasteiger partial charge is 0.497 e. The summed E-state index contributed by atoms with van der Waals surface area (Å²) in [7, 11) is 1.46. The number of nitrogens with two attached hydrogens (primary N) is 1. The maximum Gasteiger partial charge on any atom is 0.271 e. The summed E-state index contributed by atoms with van der Waals surface area (Å²) < 4.78 is 20.4. The Labute approximate surface area is 125 Å². The fourth-order valence-corrected chi connectivity index (χ4v) is 2.27. The van der Waals surface area contributed by atoms with E-state index in [0.29, 0.717) is 22.7 Å². The number of aryl methyl sites for hydroxylation is 1. The van der Waals surface area contributed by atoms with E-state index in [2.05, 4.69) is 9.97 Å². The molecule has 2 aromatic heterocycles. The zero-order valence-electron chi connectivity index (χ0n) is 12.0. The lowest BCUT2D eigenvalue weighted by molar-refractivity contribution is 0.0997. The summed E-state index contributed by atoms with van der Waals surface area (Å²) in [6.45, 7) is 1.83. The number of rotatable bonds is 3. The molecule has 112 valence electrons. The summed E-state index contributed by atoms with van der Waals surface area (Å²) in [5.74, 6) is -0.710. The van der Waals surface area contributed by atoms with E-state index in [0.717, 1.165) is 5.69 Å². The standard InChI is InChI=1S/C15H13FN4O2/c1-8-3-12(9-4-10(16)6-11(5-9)22-2)19-15-13(14(17)21)18-7-20(8)15/h3-7H,1-2H3,(H2,17,21). The molecule has 0 bridgehead atoms. The number of fused-ring (bicyclic) bond motifs is 1. The molecule has 0 saturated carbocycles. The second kappa shape index (κ2) is 5.10. The number of imidazole rings is 1. The van der Waals surface area contributed by atoms with Gasteiger partial charge < -0.3 is 10.5 Å². The molecule has 0 aliphatic carbocycles. The van der Waals surface area contributed by atoms with Gasteiger partial charge in [-0.25, -0.2) is 14.4 Å². The molecule has 0 aliphatic rings. The molecule has 3 rings (SSSR count). The summed E-state index contributed by atoms with van der Waals surface area (Å²) in [6.07, 6.45) is 1.48. The summed E-state index contributed by atoms with van der Waals surface area (Å²) in [4.78, 5) is 19.8. The minimum atomic E-state index is -0.664. The SMILES string of the molecule is COc1cc(F)cc(-c2cc(C)n3cnc(C(N)=O)c3n2)c1. The van der Waals surface area contributed by atoms with E-state index in [4.69, 9.17) is 10.5 Å². The summed E-state index contributed by atoms with van der Waals surface area (Å²) in [5.41, 5.74) is 7.55. The van der Waals surface area contributed by atoms with E-state index in [1.165, 1.54) is 25.6 Å². The van der Waals surface area contributed by atoms with Crippen LogP contribution in [0.4, 0.5) is 4.39 Å². The van der Waals surface area contributed by atoms with Crippen molar-refractivity contribution in [3.63, 3.8) is 0 Å². The van der Waals surface area contributed by atoms with E-state index in [1.807, 2.05) is 6.92 Å². The number of halogens is 1. The van der Waals surface area contributed by atoms with Gasteiger partial charge in [-0.2, -0.15) is 0 Å². The van der Waals surface area contributed by atoms with Gasteiger partial charge >= 0.3 is 0 Å². The van der Waals surface area contributed by atoms with Crippen molar-refractivity contribution in [2.45, 2.75) is 6.92 Å². The first-order chi connectivity index (χ1) is 10.5. The number of hydrogen-bond acceptors (Lipinski definition) is 4. The van der Waals surface area contributed by atoms with Gasteiger partial charge in [0.25, 0.3) is 5.91 Å². The number of ether oxygens (including phenoxy) is 1. The molecule has 1 amide bonds. The number of aromatic nitrogens is 3. The number of primary amides is 1. The number of methoxy groups -OCH3 is 1. The number of carbonyl (C=O) groups is 1. The molecule has 6 nitrogen and oxygen atoms in total. The average molecular weight is 300 g/mol. The molecule has 22 heavy (non-hydrogen) atoms. The van der Waals surface area contributed by atoms with Crippen LogP contribution in [0.1, 0.15) is 16.2 Å². The van der Waals surface area contributed by atoms with Crippen LogP contribution in [0.25, 0.3) is 16.9 Å². The van der Waals surface area contributed by atoms with Crippen molar-refractivity contribution in [1.29, 1.82) is 0 Å². The molecule has 3 aromatic rings. The molecular formula is C15H13FN4O2. The molecule has 1 aromatic carbocycles. The summed E-state index contributed by atoms with van der Waals surface area (Å²) in [6, 6.07) is 6.07. The molecule has 0 saturated heterocycles. The second-order valence-electron chi connectivity index (χ2n) is 4.81. The lowest BCUT2D eigenvalue weighted by Crippen LogP contribution is -2.12. The zero-order valence-corrected chi connectivity index (χ0v) is 12.0. The molecule has 2 N–H and O–H groups in total. The average Bonchev–Trinajstić information content (AvgIpc) is 2.91. The predicted molar refractivity (Wildman–Crippen MR) is 78.2 cm³/mol. The Kier molecular flexibility index (Phi) is 3.25. The summed E-state index contributed by atoms with van der Waals surface area (Å²) in [5, 5.41) is 0. The quantitative estimate of drug-likeness (QED) is 0.801. The number of benzene rings is 1. The number of amides is 1. The maximum atomic E-state index is 13.7. The Morgan fingerprint density at radius 3 is 2.77 bits per heavy atom. The van der Waals surface area contributed by atoms with Gasteiger partial charge in [0.2, 0.25) is 0 Å². The molecule has 0 aliphatic heterocycles. The highest BCUT2D eigenvalue weighted by molar-refractivity contribution is 5.97. The maximum absolute atomic E-state index is 13.7. The minimum Gasteiger partial charge on any atom is -0.497 e. The van der Waals surface area contributed by atoms with Crippen LogP contribution in [0.5, 0.6) is 5.75 Å². The van der Waals surface area contributed by atoms with Crippen molar-refractivity contribution in [2.75, 3.05) is 7.11 Å². The lowest BCUT2D eigenvalue weighted by Gasteiger charge is -2.08. The Morgan fingerprint density at radius 2 is 2.09 bits per heavy atom. The van der Waals surface area contributed by atoms with Crippen molar-refractivity contribution in [3.8, 4) is 17.0 Å². The Balaban J connectivity index is 2.25. The Bertz CT molecular complexity index is 889. The lowest BCUT2D eigenvalue weighted by atomic mass is 10.1. The molecule has 7 heteroatoms. The molecule has 0 unspecified atom stereocenters. The van der Waals surface area contributed by atoms with Crippen LogP contribution in [-0.4, -0.2) is 27.4 Å². The number of hydrogen-bond donors (Lipinski definition) is 1. The van der Waals surface area contributed by atoms with Gasteiger partial charge in [0, 0.05) is 17.3 Å². The predicted octanol–water partition coefficient (Wildman–Crippen LogP) is 1.95. The molecule has 0 fully saturated rings. The fraction of sp³-hybridized carbons (Fsp3) is 0.133. The van der Waals surface area contributed by atoms with Crippen molar-refractivity contribution >= 4 is 11.6 Å². The number of nitrogens with zero attached hydrogens (tertiary/aromatic N) is 3. The van der Waals surface area contributed by atoms with Gasteiger partial charge in [-0.1, -0.05) is 0 Å². The Morgan fingerprint density at radius 1 is 1.32 bits per heavy atom. The van der Waals surface area contributed by atoms with Gasteiger partial charge in [-0.3, -0.25) is 9.20 Å². The van der Waals surface area contributed by atoms with Crippen LogP contribution >= 0.6 is 0 Å². The molecule has 0 atom stereocenters. The van der Waals surface area contributed by atoms with Gasteiger partial charge in [0.1, 0.15) is 17.9 Å². The Hall–Kier alpha value is -2.96. The third kappa shape index (κ3) is 2.26. The van der Waals surface area contributed by atoms with Crippen LogP contribution in [0.3, 0.4) is 0 Å². The van der Waals surface area contributed by atoms with E-state index < -0.39 is 11.7 Å². The molecular weight excluding hydrogens is 287 g/mol. The topological polar surface area (TPSA) is 82.5 Å². The molecule has 2 heterocycles. The highest BCUT2D eigenvalue weighted by atomic mass is 19.1. The molecule has 0 spiro atoms. The normalized spacial score (nSPS) is 10.9. The first-order valence-electron chi connectivity index (χ1n) is 6.49. The van der Waals surface area contributed by atoms with E-state index in [9.17, 15) is 9.18 Å². The van der Waals surface area contributed by atoms with Gasteiger partial charge in [-0.05, 0) is 25.1 Å². The highest BCUT2D eigenvalue weighted by Crippen LogP contribution is 2.26. The zero-order chi connectivity index (χ0) is 15.9. The third-order valence-corrected chi connectivity index (χ3v) is 3.33. The van der Waals surface area contributed by atoms with E-state index >= 15 is 0 Å². The third-order valence-electron chi connectivity index (χ3n) is 3.33. The van der Waals surface area contributed by atoms with Gasteiger partial charge in [-0.15, -0.1) is 0 Å². The van der Waals surface area contributed by atoms with Gasteiger partial charge in [0.15, 0.2) is 11.3 Å². The first-order valence-corrected chi connectivity index (χ1v) is 6.49. The smallest absolute Gasteiger partial charge is 0.271 e. The van der Waals surface area contributed by atoms with Crippen LogP contribution in [0.2, 0.25) is 0 Å². The minimum absolute atomic E-state index is 0.0771. The monoisotopic (exact) mass is 300 g/mol. The van der Waals surface area contributed by atoms with Crippen LogP contribution in [-0.2, 0) is 0 Å². The first kappa shape index (κ1) is 14.0. The highest BCUT2D eigenvalue weighted by Gasteiger charge is 2.15. The van der Waals surface area contributed by atoms with Crippen LogP contribution < -0.4 is 10.5 Å². The van der Waals surface area contributed by atoms with Crippen molar-refractivity contribution in [3.05, 3.63) is 47.8 Å². The van der Waals surface area contributed by atoms with Crippen LogP contribution in [0, 0.1) is 12.7 Å². The fourth-order valence-electron chi connectivity index (χ4n) is 2.27. The van der Waals surface area contributed by atoms with Crippen molar-refractivity contribution < 1.29 is 13.9 Å². The van der Waals surface area contributed by atoms with E-state index in [-0.39, 0.29) is 5.69 Å². The van der Waals surface area contributed by atoms with Crippen molar-refractivity contribution in [2.24, 2.45) is 5.73 Å². The van der Waals surface area contributed by atoms with Gasteiger partial charge in [0.05, 0.1) is 12.8 Å². The second-order valence-corrected chi connectivity index (χ2v) is 4.81.